The molecule has 0 radical (unpaired) electrons. The van der Waals surface area contributed by atoms with E-state index in [9.17, 15) is 13.5 Å². The molecule has 92 valence electrons. The maximum atomic E-state index is 11.6. The molecule has 0 amide bonds. The van der Waals surface area contributed by atoms with Crippen molar-refractivity contribution in [1.82, 2.24) is 9.78 Å². The van der Waals surface area contributed by atoms with Crippen molar-refractivity contribution in [3.8, 4) is 0 Å². The first kappa shape index (κ1) is 13.2. The summed E-state index contributed by atoms with van der Waals surface area (Å²) < 4.78 is 23.6. The summed E-state index contributed by atoms with van der Waals surface area (Å²) >= 11 is 0. The van der Waals surface area contributed by atoms with Crippen LogP contribution in [-0.2, 0) is 16.4 Å². The van der Waals surface area contributed by atoms with Crippen molar-refractivity contribution >= 4 is 9.84 Å². The highest BCUT2D eigenvalue weighted by Gasteiger charge is 2.40. The van der Waals surface area contributed by atoms with Crippen LogP contribution in [0.2, 0.25) is 0 Å². The zero-order valence-electron chi connectivity index (χ0n) is 10.0. The molecule has 0 aromatic carbocycles. The molecule has 1 atom stereocenters. The van der Waals surface area contributed by atoms with Crippen molar-refractivity contribution in [3.63, 3.8) is 0 Å². The topological polar surface area (TPSA) is 72.2 Å². The van der Waals surface area contributed by atoms with Crippen LogP contribution < -0.4 is 0 Å². The third kappa shape index (κ3) is 2.12. The number of aliphatic hydroxyl groups excluding tert-OH is 1. The van der Waals surface area contributed by atoms with E-state index >= 15 is 0 Å². The van der Waals surface area contributed by atoms with Crippen molar-refractivity contribution in [3.05, 3.63) is 18.0 Å². The molecule has 5 nitrogen and oxygen atoms in total. The van der Waals surface area contributed by atoms with E-state index in [4.69, 9.17) is 0 Å². The highest BCUT2D eigenvalue weighted by molar-refractivity contribution is 7.92. The summed E-state index contributed by atoms with van der Waals surface area (Å²) in [7, 11) is -3.34. The van der Waals surface area contributed by atoms with Crippen molar-refractivity contribution in [2.45, 2.75) is 38.2 Å². The van der Waals surface area contributed by atoms with E-state index < -0.39 is 20.7 Å². The van der Waals surface area contributed by atoms with Crippen molar-refractivity contribution in [1.29, 1.82) is 0 Å². The number of sulfone groups is 1. The Kier molecular flexibility index (Phi) is 3.44. The highest BCUT2D eigenvalue weighted by atomic mass is 32.2. The number of rotatable bonds is 4. The second kappa shape index (κ2) is 4.18. The highest BCUT2D eigenvalue weighted by Crippen LogP contribution is 2.31. The molecule has 0 aliphatic rings. The fourth-order valence-electron chi connectivity index (χ4n) is 1.40. The number of aryl methyl sites for hydroxylation is 1. The van der Waals surface area contributed by atoms with Crippen LogP contribution in [0.5, 0.6) is 0 Å². The van der Waals surface area contributed by atoms with Gasteiger partial charge in [0.2, 0.25) is 0 Å². The van der Waals surface area contributed by atoms with Crippen LogP contribution in [0.4, 0.5) is 0 Å². The smallest absolute Gasteiger partial charge is 0.155 e. The summed E-state index contributed by atoms with van der Waals surface area (Å²) in [5, 5.41) is 14.2. The first-order valence-electron chi connectivity index (χ1n) is 5.11. The normalized spacial score (nSPS) is 15.1. The van der Waals surface area contributed by atoms with Gasteiger partial charge in [0, 0.05) is 19.0 Å². The summed E-state index contributed by atoms with van der Waals surface area (Å²) in [4.78, 5) is 0. The molecule has 16 heavy (non-hydrogen) atoms. The summed E-state index contributed by atoms with van der Waals surface area (Å²) in [6.07, 6.45) is 1.61. The molecule has 0 fully saturated rings. The average molecular weight is 246 g/mol. The number of hydrogen-bond donors (Lipinski definition) is 1. The van der Waals surface area contributed by atoms with E-state index in [2.05, 4.69) is 5.10 Å². The standard InChI is InChI=1S/C10H18N2O3S/c1-5-12-8(6-7-11-12)9(13)10(2,3)16(4,14)15/h6-7,9,13H,5H2,1-4H3. The van der Waals surface area contributed by atoms with Crippen LogP contribution in [0.15, 0.2) is 12.3 Å². The molecule has 1 rings (SSSR count). The van der Waals surface area contributed by atoms with E-state index in [1.807, 2.05) is 6.92 Å². The van der Waals surface area contributed by atoms with Crippen molar-refractivity contribution < 1.29 is 13.5 Å². The molecule has 0 bridgehead atoms. The fourth-order valence-corrected chi connectivity index (χ4v) is 1.92. The molecule has 0 aliphatic carbocycles. The molecule has 0 spiro atoms. The molecular weight excluding hydrogens is 228 g/mol. The molecule has 0 saturated carbocycles. The van der Waals surface area contributed by atoms with E-state index in [1.54, 1.807) is 16.9 Å². The molecule has 1 aromatic heterocycles. The lowest BCUT2D eigenvalue weighted by molar-refractivity contribution is 0.129. The molecule has 1 N–H and O–H groups in total. The molecule has 1 unspecified atom stereocenters. The fraction of sp³-hybridized carbons (Fsp3) is 0.700. The van der Waals surface area contributed by atoms with Gasteiger partial charge in [0.15, 0.2) is 9.84 Å². The van der Waals surface area contributed by atoms with Gasteiger partial charge in [-0.1, -0.05) is 0 Å². The van der Waals surface area contributed by atoms with E-state index in [1.165, 1.54) is 13.8 Å². The average Bonchev–Trinajstić information content (AvgIpc) is 2.62. The van der Waals surface area contributed by atoms with Crippen LogP contribution in [0.1, 0.15) is 32.6 Å². The summed E-state index contributed by atoms with van der Waals surface area (Å²) in [5.41, 5.74) is 0.526. The van der Waals surface area contributed by atoms with Crippen molar-refractivity contribution in [2.75, 3.05) is 6.26 Å². The van der Waals surface area contributed by atoms with Crippen molar-refractivity contribution in [2.24, 2.45) is 0 Å². The lowest BCUT2D eigenvalue weighted by Crippen LogP contribution is -2.38. The quantitative estimate of drug-likeness (QED) is 0.851. The van der Waals surface area contributed by atoms with Gasteiger partial charge in [-0.25, -0.2) is 8.42 Å². The predicted molar refractivity (Wildman–Crippen MR) is 61.8 cm³/mol. The Hall–Kier alpha value is -0.880. The summed E-state index contributed by atoms with van der Waals surface area (Å²) in [5.74, 6) is 0. The Morgan fingerprint density at radius 3 is 2.56 bits per heavy atom. The number of aliphatic hydroxyl groups is 1. The Labute approximate surface area is 96.0 Å². The van der Waals surface area contributed by atoms with Crippen LogP contribution in [0.25, 0.3) is 0 Å². The third-order valence-electron chi connectivity index (χ3n) is 2.94. The van der Waals surface area contributed by atoms with Crippen LogP contribution >= 0.6 is 0 Å². The molecule has 1 heterocycles. The molecule has 0 aliphatic heterocycles. The SMILES string of the molecule is CCn1nccc1C(O)C(C)(C)S(C)(=O)=O. The minimum absolute atomic E-state index is 0.526. The lowest BCUT2D eigenvalue weighted by atomic mass is 10.0. The van der Waals surface area contributed by atoms with Gasteiger partial charge >= 0.3 is 0 Å². The summed E-state index contributed by atoms with van der Waals surface area (Å²) in [6.45, 7) is 5.51. The lowest BCUT2D eigenvalue weighted by Gasteiger charge is -2.28. The molecular formula is C10H18N2O3S. The minimum atomic E-state index is -3.34. The van der Waals surface area contributed by atoms with E-state index in [0.29, 0.717) is 12.2 Å². The zero-order valence-corrected chi connectivity index (χ0v) is 10.8. The number of hydrogen-bond acceptors (Lipinski definition) is 4. The number of nitrogens with zero attached hydrogens (tertiary/aromatic N) is 2. The first-order valence-corrected chi connectivity index (χ1v) is 7.00. The Bertz CT molecular complexity index is 462. The molecule has 0 saturated heterocycles. The number of aromatic nitrogens is 2. The predicted octanol–water partition coefficient (Wildman–Crippen LogP) is 0.760. The van der Waals surface area contributed by atoms with Gasteiger partial charge in [0.25, 0.3) is 0 Å². The van der Waals surface area contributed by atoms with Gasteiger partial charge in [0.05, 0.1) is 10.4 Å². The van der Waals surface area contributed by atoms with Crippen LogP contribution in [0.3, 0.4) is 0 Å². The second-order valence-corrected chi connectivity index (χ2v) is 6.95. The maximum absolute atomic E-state index is 11.6. The maximum Gasteiger partial charge on any atom is 0.155 e. The van der Waals surface area contributed by atoms with Gasteiger partial charge in [-0.15, -0.1) is 0 Å². The second-order valence-electron chi connectivity index (χ2n) is 4.35. The van der Waals surface area contributed by atoms with Crippen LogP contribution in [0, 0.1) is 0 Å². The van der Waals surface area contributed by atoms with Gasteiger partial charge in [-0.3, -0.25) is 4.68 Å². The minimum Gasteiger partial charge on any atom is -0.385 e. The van der Waals surface area contributed by atoms with E-state index in [-0.39, 0.29) is 0 Å². The Morgan fingerprint density at radius 2 is 2.12 bits per heavy atom. The van der Waals surface area contributed by atoms with Gasteiger partial charge < -0.3 is 5.11 Å². The van der Waals surface area contributed by atoms with Crippen LogP contribution in [-0.4, -0.2) is 34.3 Å². The first-order chi connectivity index (χ1) is 7.21. The van der Waals surface area contributed by atoms with Gasteiger partial charge in [-0.2, -0.15) is 5.10 Å². The summed E-state index contributed by atoms with van der Waals surface area (Å²) in [6, 6.07) is 1.64. The third-order valence-corrected chi connectivity index (χ3v) is 5.08. The largest absolute Gasteiger partial charge is 0.385 e. The molecule has 6 heteroatoms. The molecule has 1 aromatic rings. The Balaban J connectivity index is 3.17. The van der Waals surface area contributed by atoms with Gasteiger partial charge in [-0.05, 0) is 26.8 Å². The van der Waals surface area contributed by atoms with E-state index in [0.717, 1.165) is 6.26 Å². The van der Waals surface area contributed by atoms with Gasteiger partial charge in [0.1, 0.15) is 6.10 Å². The monoisotopic (exact) mass is 246 g/mol. The Morgan fingerprint density at radius 1 is 1.56 bits per heavy atom. The zero-order chi connectivity index (χ0) is 12.6.